The Kier molecular flexibility index (Phi) is 7.54. The van der Waals surface area contributed by atoms with Gasteiger partial charge in [0.05, 0.1) is 32.1 Å². The molecule has 0 spiro atoms. The minimum absolute atomic E-state index is 0. The number of aliphatic imine (C=N–C) groups is 1. The summed E-state index contributed by atoms with van der Waals surface area (Å²) in [7, 11) is 2.73. The Labute approximate surface area is 147 Å². The van der Waals surface area contributed by atoms with Crippen LogP contribution in [0.3, 0.4) is 0 Å². The molecule has 0 aliphatic heterocycles. The van der Waals surface area contributed by atoms with Crippen LogP contribution < -0.4 is 10.1 Å². The average molecular weight is 352 g/mol. The SMILES string of the molecule is C.COC(=O)c1ccc(NC(=O)CN=CCC2(CF)CC2)c(OC)c1. The van der Waals surface area contributed by atoms with Crippen molar-refractivity contribution in [3.8, 4) is 5.75 Å². The summed E-state index contributed by atoms with van der Waals surface area (Å²) in [6, 6.07) is 4.59. The van der Waals surface area contributed by atoms with E-state index >= 15 is 0 Å². The first-order valence-corrected chi connectivity index (χ1v) is 7.64. The first-order chi connectivity index (χ1) is 11.5. The fraction of sp³-hybridized carbons (Fsp3) is 0.500. The van der Waals surface area contributed by atoms with Crippen LogP contribution in [0, 0.1) is 5.41 Å². The molecule has 1 N–H and O–H groups in total. The van der Waals surface area contributed by atoms with Crippen LogP contribution in [0.5, 0.6) is 5.75 Å². The second-order valence-electron chi connectivity index (χ2n) is 5.82. The predicted octanol–water partition coefficient (Wildman–Crippen LogP) is 3.27. The van der Waals surface area contributed by atoms with Gasteiger partial charge in [-0.05, 0) is 43.7 Å². The summed E-state index contributed by atoms with van der Waals surface area (Å²) in [5.41, 5.74) is 0.534. The first-order valence-electron chi connectivity index (χ1n) is 7.64. The Morgan fingerprint density at radius 1 is 1.36 bits per heavy atom. The van der Waals surface area contributed by atoms with Crippen LogP contribution in [0.1, 0.15) is 37.0 Å². The minimum atomic E-state index is -0.488. The molecule has 25 heavy (non-hydrogen) atoms. The number of halogens is 1. The lowest BCUT2D eigenvalue weighted by molar-refractivity contribution is -0.114. The Hall–Kier alpha value is -2.44. The third-order valence-electron chi connectivity index (χ3n) is 4.03. The van der Waals surface area contributed by atoms with Crippen LogP contribution in [-0.2, 0) is 9.53 Å². The second-order valence-corrected chi connectivity index (χ2v) is 5.82. The summed E-state index contributed by atoms with van der Waals surface area (Å²) in [6.45, 7) is -0.390. The molecule has 0 unspecified atom stereocenters. The molecule has 1 aromatic carbocycles. The third-order valence-corrected chi connectivity index (χ3v) is 4.03. The molecule has 1 aromatic rings. The Balaban J connectivity index is 0.00000312. The van der Waals surface area contributed by atoms with Crippen molar-refractivity contribution in [2.45, 2.75) is 26.7 Å². The van der Waals surface area contributed by atoms with Gasteiger partial charge in [0, 0.05) is 5.41 Å². The summed E-state index contributed by atoms with van der Waals surface area (Å²) in [4.78, 5) is 27.4. The Morgan fingerprint density at radius 3 is 2.64 bits per heavy atom. The third kappa shape index (κ3) is 5.55. The van der Waals surface area contributed by atoms with E-state index in [1.165, 1.54) is 26.4 Å². The van der Waals surface area contributed by atoms with Gasteiger partial charge in [-0.15, -0.1) is 0 Å². The molecule has 1 amide bonds. The summed E-state index contributed by atoms with van der Waals surface area (Å²) in [6.07, 6.45) is 3.94. The highest BCUT2D eigenvalue weighted by Gasteiger charge is 2.41. The van der Waals surface area contributed by atoms with Crippen LogP contribution in [0.25, 0.3) is 0 Å². The fourth-order valence-electron chi connectivity index (χ4n) is 2.20. The number of rotatable bonds is 8. The number of esters is 1. The zero-order chi connectivity index (χ0) is 17.6. The molecule has 1 fully saturated rings. The molecule has 138 valence electrons. The molecule has 0 radical (unpaired) electrons. The van der Waals surface area contributed by atoms with Crippen molar-refractivity contribution in [1.29, 1.82) is 0 Å². The average Bonchev–Trinajstić information content (AvgIpc) is 3.39. The quantitative estimate of drug-likeness (QED) is 0.575. The summed E-state index contributed by atoms with van der Waals surface area (Å²) in [5.74, 6) is -0.456. The van der Waals surface area contributed by atoms with E-state index in [9.17, 15) is 14.0 Å². The summed E-state index contributed by atoms with van der Waals surface area (Å²) < 4.78 is 22.5. The zero-order valence-corrected chi connectivity index (χ0v) is 13.8. The molecule has 2 rings (SSSR count). The number of anilines is 1. The Bertz CT molecular complexity index is 642. The van der Waals surface area contributed by atoms with Crippen LogP contribution >= 0.6 is 0 Å². The van der Waals surface area contributed by atoms with Gasteiger partial charge in [0.15, 0.2) is 0 Å². The van der Waals surface area contributed by atoms with E-state index in [0.717, 1.165) is 12.8 Å². The molecule has 0 atom stereocenters. The number of alkyl halides is 1. The van der Waals surface area contributed by atoms with Crippen molar-refractivity contribution in [1.82, 2.24) is 0 Å². The lowest BCUT2D eigenvalue weighted by Gasteiger charge is -2.11. The van der Waals surface area contributed by atoms with Gasteiger partial charge in [-0.25, -0.2) is 4.79 Å². The first kappa shape index (κ1) is 20.6. The molecular weight excluding hydrogens is 327 g/mol. The molecule has 0 aromatic heterocycles. The highest BCUT2D eigenvalue weighted by molar-refractivity contribution is 5.96. The maximum absolute atomic E-state index is 12.7. The predicted molar refractivity (Wildman–Crippen MR) is 95.3 cm³/mol. The highest BCUT2D eigenvalue weighted by atomic mass is 19.1. The number of nitrogens with one attached hydrogen (secondary N) is 1. The van der Waals surface area contributed by atoms with Gasteiger partial charge in [0.1, 0.15) is 12.3 Å². The normalized spacial score (nSPS) is 14.5. The topological polar surface area (TPSA) is 77.0 Å². The minimum Gasteiger partial charge on any atom is -0.495 e. The van der Waals surface area contributed by atoms with E-state index in [0.29, 0.717) is 23.4 Å². The molecule has 1 saturated carbocycles. The molecule has 1 aliphatic carbocycles. The van der Waals surface area contributed by atoms with Gasteiger partial charge < -0.3 is 14.8 Å². The lowest BCUT2D eigenvalue weighted by Crippen LogP contribution is -2.16. The van der Waals surface area contributed by atoms with Crippen molar-refractivity contribution in [2.75, 3.05) is 32.8 Å². The summed E-state index contributed by atoms with van der Waals surface area (Å²) >= 11 is 0. The van der Waals surface area contributed by atoms with Gasteiger partial charge in [-0.1, -0.05) is 7.43 Å². The number of nitrogens with zero attached hydrogens (tertiary/aromatic N) is 1. The van der Waals surface area contributed by atoms with Gasteiger partial charge in [-0.3, -0.25) is 14.2 Å². The maximum atomic E-state index is 12.7. The van der Waals surface area contributed by atoms with Crippen LogP contribution in [0.2, 0.25) is 0 Å². The van der Waals surface area contributed by atoms with E-state index in [2.05, 4.69) is 15.0 Å². The van der Waals surface area contributed by atoms with Crippen LogP contribution in [0.4, 0.5) is 10.1 Å². The largest absolute Gasteiger partial charge is 0.495 e. The van der Waals surface area contributed by atoms with Crippen molar-refractivity contribution in [3.05, 3.63) is 23.8 Å². The maximum Gasteiger partial charge on any atom is 0.337 e. The summed E-state index contributed by atoms with van der Waals surface area (Å²) in [5, 5.41) is 2.67. The highest BCUT2D eigenvalue weighted by Crippen LogP contribution is 2.48. The smallest absolute Gasteiger partial charge is 0.337 e. The number of amides is 1. The van der Waals surface area contributed by atoms with Crippen molar-refractivity contribution < 1.29 is 23.5 Å². The molecule has 0 heterocycles. The van der Waals surface area contributed by atoms with Crippen molar-refractivity contribution >= 4 is 23.8 Å². The number of methoxy groups -OCH3 is 2. The van der Waals surface area contributed by atoms with Crippen LogP contribution in [0.15, 0.2) is 23.2 Å². The number of carbonyl (C=O) groups excluding carboxylic acids is 2. The van der Waals surface area contributed by atoms with Gasteiger partial charge in [0.2, 0.25) is 5.91 Å². The fourth-order valence-corrected chi connectivity index (χ4v) is 2.20. The molecule has 0 bridgehead atoms. The van der Waals surface area contributed by atoms with E-state index < -0.39 is 5.97 Å². The molecule has 1 aliphatic rings. The number of hydrogen-bond donors (Lipinski definition) is 1. The van der Waals surface area contributed by atoms with E-state index in [1.54, 1.807) is 12.3 Å². The van der Waals surface area contributed by atoms with Crippen molar-refractivity contribution in [2.24, 2.45) is 10.4 Å². The van der Waals surface area contributed by atoms with E-state index in [1.807, 2.05) is 0 Å². The second kappa shape index (κ2) is 9.15. The number of hydrogen-bond acceptors (Lipinski definition) is 5. The number of carbonyl (C=O) groups is 2. The molecule has 0 saturated heterocycles. The van der Waals surface area contributed by atoms with Crippen molar-refractivity contribution in [3.63, 3.8) is 0 Å². The Morgan fingerprint density at radius 2 is 2.08 bits per heavy atom. The lowest BCUT2D eigenvalue weighted by atomic mass is 10.1. The van der Waals surface area contributed by atoms with Gasteiger partial charge in [-0.2, -0.15) is 0 Å². The number of ether oxygens (including phenoxy) is 2. The van der Waals surface area contributed by atoms with Crippen LogP contribution in [-0.4, -0.2) is 45.5 Å². The van der Waals surface area contributed by atoms with E-state index in [4.69, 9.17) is 4.74 Å². The molecule has 7 heteroatoms. The monoisotopic (exact) mass is 352 g/mol. The van der Waals surface area contributed by atoms with E-state index in [-0.39, 0.29) is 32.0 Å². The number of benzene rings is 1. The van der Waals surface area contributed by atoms with Gasteiger partial charge in [0.25, 0.3) is 0 Å². The zero-order valence-electron chi connectivity index (χ0n) is 13.8. The molecular formula is C18H25FN2O4. The van der Waals surface area contributed by atoms with Gasteiger partial charge >= 0.3 is 5.97 Å². The molecule has 6 nitrogen and oxygen atoms in total. The standard InChI is InChI=1S/C17H21FN2O4.CH4/c1-23-14-9-12(16(22)24-2)3-4-13(14)20-15(21)10-19-8-7-17(11-18)5-6-17;/h3-4,8-9H,5-7,10-11H2,1-2H3,(H,20,21);1H4.